The van der Waals surface area contributed by atoms with Crippen molar-refractivity contribution in [1.29, 1.82) is 0 Å². The molecule has 0 bridgehead atoms. The summed E-state index contributed by atoms with van der Waals surface area (Å²) in [5.74, 6) is -1.10. The smallest absolute Gasteiger partial charge is 0.271 e. The lowest BCUT2D eigenvalue weighted by Crippen LogP contribution is -2.47. The molecule has 7 N–H and O–H groups in total. The number of para-hydroxylation sites is 2. The van der Waals surface area contributed by atoms with Crippen molar-refractivity contribution >= 4 is 40.4 Å². The molecule has 0 fully saturated rings. The van der Waals surface area contributed by atoms with Crippen molar-refractivity contribution < 1.29 is 34.1 Å². The molecule has 0 unspecified atom stereocenters. The number of phenolic OH excluding ortho intramolecular Hbond substituents is 2. The molecule has 13 nitrogen and oxygen atoms in total. The average Bonchev–Trinajstić information content (AvgIpc) is 3.77. The normalized spacial score (nSPS) is 11.6. The van der Waals surface area contributed by atoms with Gasteiger partial charge in [0.15, 0.2) is 0 Å². The number of nitrogens with zero attached hydrogens (tertiary/aromatic N) is 2. The van der Waals surface area contributed by atoms with Crippen LogP contribution < -0.4 is 21.7 Å². The molecule has 0 aliphatic carbocycles. The van der Waals surface area contributed by atoms with Gasteiger partial charge in [-0.3, -0.25) is 14.4 Å². The van der Waals surface area contributed by atoms with E-state index in [1.807, 2.05) is 0 Å². The predicted octanol–water partition coefficient (Wildman–Crippen LogP) is 3.15. The van der Waals surface area contributed by atoms with Crippen molar-refractivity contribution in [2.75, 3.05) is 46.1 Å². The number of hydrogen-bond donors (Lipinski definition) is 6. The second-order valence-electron chi connectivity index (χ2n) is 10.2. The molecule has 250 valence electrons. The van der Waals surface area contributed by atoms with Gasteiger partial charge in [-0.1, -0.05) is 24.3 Å². The topological polar surface area (TPSA) is 198 Å². The minimum Gasteiger partial charge on any atom is -0.507 e. The molecule has 0 aliphatic rings. The molecular weight excluding hydrogens is 645 g/mol. The number of rotatable bonds is 19. The summed E-state index contributed by atoms with van der Waals surface area (Å²) in [6.07, 6.45) is 1.38. The summed E-state index contributed by atoms with van der Waals surface area (Å²) in [5.41, 5.74) is 6.83. The number of unbranched alkanes of at least 4 members (excludes halogenated alkanes) is 1. The van der Waals surface area contributed by atoms with Crippen LogP contribution in [0.15, 0.2) is 59.3 Å². The van der Waals surface area contributed by atoms with Crippen LogP contribution in [0.1, 0.15) is 40.2 Å². The predicted molar refractivity (Wildman–Crippen MR) is 180 cm³/mol. The fourth-order valence-corrected chi connectivity index (χ4v) is 6.02. The number of nitrogens with two attached hydrogens (primary N) is 1. The number of phenols is 2. The number of carbonyl (C=O) groups is 3. The van der Waals surface area contributed by atoms with E-state index in [0.29, 0.717) is 73.3 Å². The number of carbonyl (C=O) groups excluding carboxylic acids is 3. The van der Waals surface area contributed by atoms with Gasteiger partial charge in [-0.05, 0) is 43.5 Å². The highest BCUT2D eigenvalue weighted by atomic mass is 32.1. The monoisotopic (exact) mass is 682 g/mol. The Morgan fingerprint density at radius 3 is 1.91 bits per heavy atom. The zero-order chi connectivity index (χ0) is 33.4. The molecule has 3 amide bonds. The van der Waals surface area contributed by atoms with Crippen LogP contribution in [-0.2, 0) is 14.3 Å². The van der Waals surface area contributed by atoms with Gasteiger partial charge in [-0.15, -0.1) is 22.7 Å². The van der Waals surface area contributed by atoms with Crippen LogP contribution in [-0.4, -0.2) is 90.0 Å². The summed E-state index contributed by atoms with van der Waals surface area (Å²) in [4.78, 5) is 47.6. The first-order valence-corrected chi connectivity index (χ1v) is 16.8. The Hall–Kier alpha value is -4.41. The SMILES string of the molecule is NCCOCCOCCNC(=O)[C@H](CCCCNC(=O)c1csc(-c2ccccc2O)n1)NC(=O)c1csc(-c2ccccc2O)n1. The number of amides is 3. The molecule has 15 heteroatoms. The van der Waals surface area contributed by atoms with Crippen LogP contribution in [0.2, 0.25) is 0 Å². The Labute approximate surface area is 280 Å². The number of nitrogens with one attached hydrogen (secondary N) is 3. The van der Waals surface area contributed by atoms with Crippen LogP contribution in [0, 0.1) is 0 Å². The van der Waals surface area contributed by atoms with Crippen LogP contribution in [0.3, 0.4) is 0 Å². The fourth-order valence-electron chi connectivity index (χ4n) is 4.35. The van der Waals surface area contributed by atoms with Gasteiger partial charge in [0.25, 0.3) is 11.8 Å². The number of aromatic hydroxyl groups is 2. The third-order valence-corrected chi connectivity index (χ3v) is 8.50. The zero-order valence-electron chi connectivity index (χ0n) is 25.6. The molecule has 4 rings (SSSR count). The maximum absolute atomic E-state index is 13.1. The minimum absolute atomic E-state index is 0.0528. The summed E-state index contributed by atoms with van der Waals surface area (Å²) < 4.78 is 10.7. The van der Waals surface area contributed by atoms with E-state index in [1.54, 1.807) is 59.3 Å². The molecule has 1 atom stereocenters. The Balaban J connectivity index is 1.28. The van der Waals surface area contributed by atoms with Crippen molar-refractivity contribution in [3.8, 4) is 32.6 Å². The zero-order valence-corrected chi connectivity index (χ0v) is 27.3. The molecule has 2 heterocycles. The summed E-state index contributed by atoms with van der Waals surface area (Å²) in [6.45, 7) is 2.48. The fraction of sp³-hybridized carbons (Fsp3) is 0.344. The first kappa shape index (κ1) is 35.4. The maximum atomic E-state index is 13.1. The summed E-state index contributed by atoms with van der Waals surface area (Å²) in [6, 6.07) is 12.6. The van der Waals surface area contributed by atoms with Crippen molar-refractivity contribution in [2.24, 2.45) is 5.73 Å². The minimum atomic E-state index is -0.860. The second kappa shape index (κ2) is 18.7. The van der Waals surface area contributed by atoms with Crippen LogP contribution in [0.5, 0.6) is 11.5 Å². The maximum Gasteiger partial charge on any atom is 0.271 e. The van der Waals surface area contributed by atoms with E-state index >= 15 is 0 Å². The number of thiazole rings is 2. The molecule has 0 saturated carbocycles. The Morgan fingerprint density at radius 1 is 0.745 bits per heavy atom. The average molecular weight is 683 g/mol. The molecule has 47 heavy (non-hydrogen) atoms. The molecule has 2 aromatic carbocycles. The van der Waals surface area contributed by atoms with Crippen molar-refractivity contribution in [2.45, 2.75) is 25.3 Å². The van der Waals surface area contributed by atoms with Crippen LogP contribution >= 0.6 is 22.7 Å². The highest BCUT2D eigenvalue weighted by Crippen LogP contribution is 2.32. The summed E-state index contributed by atoms with van der Waals surface area (Å²) in [7, 11) is 0. The first-order valence-electron chi connectivity index (χ1n) is 15.1. The Kier molecular flexibility index (Phi) is 14.1. The number of aromatic nitrogens is 2. The van der Waals surface area contributed by atoms with Gasteiger partial charge >= 0.3 is 0 Å². The van der Waals surface area contributed by atoms with Gasteiger partial charge < -0.3 is 41.4 Å². The molecule has 0 saturated heterocycles. The highest BCUT2D eigenvalue weighted by Gasteiger charge is 2.23. The molecular formula is C32H38N6O7S2. The van der Waals surface area contributed by atoms with E-state index in [2.05, 4.69) is 25.9 Å². The summed E-state index contributed by atoms with van der Waals surface area (Å²) in [5, 5.41) is 32.8. The third-order valence-electron chi connectivity index (χ3n) is 6.75. The molecule has 4 aromatic rings. The van der Waals surface area contributed by atoms with E-state index in [9.17, 15) is 24.6 Å². The van der Waals surface area contributed by atoms with Gasteiger partial charge in [0.2, 0.25) is 5.91 Å². The number of hydrogen-bond acceptors (Lipinski definition) is 12. The van der Waals surface area contributed by atoms with Crippen LogP contribution in [0.4, 0.5) is 0 Å². The quantitative estimate of drug-likeness (QED) is 0.0799. The third kappa shape index (κ3) is 10.8. The first-order chi connectivity index (χ1) is 22.9. The second-order valence-corrected chi connectivity index (χ2v) is 11.9. The lowest BCUT2D eigenvalue weighted by atomic mass is 10.1. The van der Waals surface area contributed by atoms with Gasteiger partial charge in [0.05, 0.1) is 37.6 Å². The van der Waals surface area contributed by atoms with E-state index in [-0.39, 0.29) is 47.9 Å². The summed E-state index contributed by atoms with van der Waals surface area (Å²) >= 11 is 2.47. The van der Waals surface area contributed by atoms with E-state index < -0.39 is 11.9 Å². The molecule has 0 spiro atoms. The standard InChI is InChI=1S/C32H38N6O7S2/c33-12-15-44-17-18-45-16-14-35-28(41)23(36-30(43)25-20-47-32(38-25)22-8-2-4-11-27(22)40)9-5-6-13-34-29(42)24-19-46-31(37-24)21-7-1-3-10-26(21)39/h1-4,7-8,10-11,19-20,23,39-40H,5-6,9,12-18,33H2,(H,34,42)(H,35,41)(H,36,43)/t23-/m0/s1. The molecule has 2 aromatic heterocycles. The van der Waals surface area contributed by atoms with E-state index in [4.69, 9.17) is 15.2 Å². The van der Waals surface area contributed by atoms with E-state index in [1.165, 1.54) is 22.7 Å². The molecule has 0 radical (unpaired) electrons. The lowest BCUT2D eigenvalue weighted by molar-refractivity contribution is -0.123. The Morgan fingerprint density at radius 2 is 1.32 bits per heavy atom. The van der Waals surface area contributed by atoms with Crippen molar-refractivity contribution in [1.82, 2.24) is 25.9 Å². The van der Waals surface area contributed by atoms with Gasteiger partial charge in [-0.25, -0.2) is 9.97 Å². The highest BCUT2D eigenvalue weighted by molar-refractivity contribution is 7.13. The number of benzene rings is 2. The van der Waals surface area contributed by atoms with Gasteiger partial charge in [0, 0.05) is 30.4 Å². The largest absolute Gasteiger partial charge is 0.507 e. The Bertz CT molecular complexity index is 1610. The van der Waals surface area contributed by atoms with Gasteiger partial charge in [-0.2, -0.15) is 0 Å². The lowest BCUT2D eigenvalue weighted by Gasteiger charge is -2.18. The van der Waals surface area contributed by atoms with Crippen LogP contribution in [0.25, 0.3) is 21.1 Å². The molecule has 0 aliphatic heterocycles. The van der Waals surface area contributed by atoms with Crippen molar-refractivity contribution in [3.63, 3.8) is 0 Å². The van der Waals surface area contributed by atoms with Gasteiger partial charge in [0.1, 0.15) is 38.9 Å². The van der Waals surface area contributed by atoms with E-state index in [0.717, 1.165) is 0 Å². The number of ether oxygens (including phenoxy) is 2. The van der Waals surface area contributed by atoms with Crippen molar-refractivity contribution in [3.05, 3.63) is 70.7 Å².